The largest absolute Gasteiger partial charge is 0.496 e. The molecule has 0 aliphatic heterocycles. The molecular formula is C23H22BrFN2O4S. The first kappa shape index (κ1) is 23.9. The fourth-order valence-corrected chi connectivity index (χ4v) is 4.53. The molecule has 0 aromatic heterocycles. The van der Waals surface area contributed by atoms with Gasteiger partial charge in [-0.3, -0.25) is 4.79 Å². The highest BCUT2D eigenvalue weighted by molar-refractivity contribution is 9.10. The number of hydrogen-bond acceptors (Lipinski definition) is 4. The molecule has 9 heteroatoms. The number of ether oxygens (including phenoxy) is 1. The summed E-state index contributed by atoms with van der Waals surface area (Å²) in [5, 5.41) is 2.53. The molecular weight excluding hydrogens is 499 g/mol. The maximum atomic E-state index is 14.1. The molecule has 0 radical (unpaired) electrons. The summed E-state index contributed by atoms with van der Waals surface area (Å²) in [5.74, 6) is -0.674. The van der Waals surface area contributed by atoms with Gasteiger partial charge in [-0.2, -0.15) is 4.31 Å². The lowest BCUT2D eigenvalue weighted by Crippen LogP contribution is -2.27. The summed E-state index contributed by atoms with van der Waals surface area (Å²) in [7, 11) is -0.828. The molecule has 6 nitrogen and oxygen atoms in total. The number of hydrogen-bond donors (Lipinski definition) is 1. The fourth-order valence-electron chi connectivity index (χ4n) is 3.04. The van der Waals surface area contributed by atoms with Crippen LogP contribution in [0, 0.1) is 12.7 Å². The number of aryl methyl sites for hydroxylation is 1. The Morgan fingerprint density at radius 2 is 1.78 bits per heavy atom. The zero-order chi connectivity index (χ0) is 23.5. The fraction of sp³-hybridized carbons (Fsp3) is 0.174. The van der Waals surface area contributed by atoms with Gasteiger partial charge in [0.05, 0.1) is 17.7 Å². The molecule has 32 heavy (non-hydrogen) atoms. The Balaban J connectivity index is 1.85. The second kappa shape index (κ2) is 9.81. The molecule has 168 valence electrons. The number of halogens is 2. The molecule has 0 aliphatic rings. The zero-order valence-electron chi connectivity index (χ0n) is 17.7. The van der Waals surface area contributed by atoms with E-state index < -0.39 is 21.7 Å². The van der Waals surface area contributed by atoms with E-state index in [2.05, 4.69) is 21.2 Å². The molecule has 1 N–H and O–H groups in total. The van der Waals surface area contributed by atoms with Crippen LogP contribution in [0.5, 0.6) is 5.75 Å². The molecule has 0 unspecified atom stereocenters. The predicted octanol–water partition coefficient (Wildman–Crippen LogP) is 4.98. The van der Waals surface area contributed by atoms with Crippen molar-refractivity contribution in [1.82, 2.24) is 4.31 Å². The Hall–Kier alpha value is -2.75. The molecule has 0 atom stereocenters. The van der Waals surface area contributed by atoms with Crippen molar-refractivity contribution < 1.29 is 22.3 Å². The minimum Gasteiger partial charge on any atom is -0.496 e. The maximum Gasteiger partial charge on any atom is 0.255 e. The van der Waals surface area contributed by atoms with E-state index >= 15 is 0 Å². The Morgan fingerprint density at radius 3 is 2.41 bits per heavy atom. The Labute approximate surface area is 195 Å². The first-order valence-electron chi connectivity index (χ1n) is 9.58. The average molecular weight is 521 g/mol. The summed E-state index contributed by atoms with van der Waals surface area (Å²) >= 11 is 3.17. The van der Waals surface area contributed by atoms with Gasteiger partial charge in [-0.1, -0.05) is 33.6 Å². The van der Waals surface area contributed by atoms with E-state index in [1.807, 2.05) is 6.92 Å². The summed E-state index contributed by atoms with van der Waals surface area (Å²) in [6, 6.07) is 15.5. The van der Waals surface area contributed by atoms with Crippen LogP contribution in [-0.4, -0.2) is 32.8 Å². The van der Waals surface area contributed by atoms with E-state index in [0.717, 1.165) is 5.56 Å². The van der Waals surface area contributed by atoms with Crippen molar-refractivity contribution in [3.05, 3.63) is 87.6 Å². The lowest BCUT2D eigenvalue weighted by atomic mass is 10.1. The highest BCUT2D eigenvalue weighted by Gasteiger charge is 2.23. The zero-order valence-corrected chi connectivity index (χ0v) is 20.1. The number of rotatable bonds is 7. The van der Waals surface area contributed by atoms with E-state index in [-0.39, 0.29) is 22.7 Å². The highest BCUT2D eigenvalue weighted by Crippen LogP contribution is 2.26. The van der Waals surface area contributed by atoms with Crippen molar-refractivity contribution in [3.63, 3.8) is 0 Å². The van der Waals surface area contributed by atoms with Crippen molar-refractivity contribution in [2.24, 2.45) is 0 Å². The molecule has 0 saturated carbocycles. The predicted molar refractivity (Wildman–Crippen MR) is 125 cm³/mol. The van der Waals surface area contributed by atoms with Crippen molar-refractivity contribution in [1.29, 1.82) is 0 Å². The average Bonchev–Trinajstić information content (AvgIpc) is 2.75. The Bertz CT molecular complexity index is 1250. The van der Waals surface area contributed by atoms with Crippen LogP contribution in [0.15, 0.2) is 70.0 Å². The smallest absolute Gasteiger partial charge is 0.255 e. The summed E-state index contributed by atoms with van der Waals surface area (Å²) < 4.78 is 47.0. The van der Waals surface area contributed by atoms with Crippen LogP contribution in [0.1, 0.15) is 21.5 Å². The van der Waals surface area contributed by atoms with Crippen LogP contribution >= 0.6 is 15.9 Å². The molecule has 0 saturated heterocycles. The molecule has 0 heterocycles. The first-order chi connectivity index (χ1) is 15.1. The monoisotopic (exact) mass is 520 g/mol. The topological polar surface area (TPSA) is 75.7 Å². The molecule has 0 fully saturated rings. The number of methoxy groups -OCH3 is 1. The van der Waals surface area contributed by atoms with Gasteiger partial charge in [0.2, 0.25) is 10.0 Å². The molecule has 0 aliphatic carbocycles. The number of amides is 1. The SMILES string of the molecule is COc1ccc(C(=O)Nc2ccc(Br)cc2F)cc1CN(C)S(=O)(=O)c1ccc(C)cc1. The first-order valence-corrected chi connectivity index (χ1v) is 11.8. The third-order valence-electron chi connectivity index (χ3n) is 4.84. The number of benzene rings is 3. The van der Waals surface area contributed by atoms with Crippen molar-refractivity contribution in [2.45, 2.75) is 18.4 Å². The molecule has 3 rings (SSSR count). The van der Waals surface area contributed by atoms with Gasteiger partial charge in [0, 0.05) is 29.2 Å². The van der Waals surface area contributed by atoms with Crippen LogP contribution in [0.25, 0.3) is 0 Å². The molecule has 1 amide bonds. The van der Waals surface area contributed by atoms with Gasteiger partial charge in [0.15, 0.2) is 0 Å². The van der Waals surface area contributed by atoms with Crippen molar-refractivity contribution >= 4 is 37.5 Å². The maximum absolute atomic E-state index is 14.1. The van der Waals surface area contributed by atoms with E-state index in [0.29, 0.717) is 15.8 Å². The Kier molecular flexibility index (Phi) is 7.33. The van der Waals surface area contributed by atoms with E-state index in [1.54, 1.807) is 36.4 Å². The number of carbonyl (C=O) groups excluding carboxylic acids is 1. The third-order valence-corrected chi connectivity index (χ3v) is 7.15. The number of carbonyl (C=O) groups is 1. The number of sulfonamides is 1. The summed E-state index contributed by atoms with van der Waals surface area (Å²) in [6.07, 6.45) is 0. The standard InChI is InChI=1S/C23H22BrFN2O4S/c1-15-4-8-19(9-5-15)32(29,30)27(2)14-17-12-16(6-11-22(17)31-3)23(28)26-21-10-7-18(24)13-20(21)25/h4-13H,14H2,1-3H3,(H,26,28). The van der Waals surface area contributed by atoms with E-state index in [9.17, 15) is 17.6 Å². The van der Waals surface area contributed by atoms with Crippen molar-refractivity contribution in [3.8, 4) is 5.75 Å². The third kappa shape index (κ3) is 5.35. The number of nitrogens with zero attached hydrogens (tertiary/aromatic N) is 1. The van der Waals surface area contributed by atoms with E-state index in [1.165, 1.54) is 42.7 Å². The van der Waals surface area contributed by atoms with Gasteiger partial charge in [0.1, 0.15) is 11.6 Å². The van der Waals surface area contributed by atoms with Crippen LogP contribution in [0.2, 0.25) is 0 Å². The molecule has 3 aromatic rings. The van der Waals surface area contributed by atoms with Gasteiger partial charge < -0.3 is 10.1 Å². The van der Waals surface area contributed by atoms with Crippen LogP contribution in [0.3, 0.4) is 0 Å². The van der Waals surface area contributed by atoms with Gasteiger partial charge in [-0.05, 0) is 55.5 Å². The quantitative estimate of drug-likeness (QED) is 0.476. The number of anilines is 1. The highest BCUT2D eigenvalue weighted by atomic mass is 79.9. The van der Waals surface area contributed by atoms with Gasteiger partial charge in [-0.15, -0.1) is 0 Å². The summed E-state index contributed by atoms with van der Waals surface area (Å²) in [5.41, 5.74) is 1.72. The second-order valence-electron chi connectivity index (χ2n) is 7.18. The summed E-state index contributed by atoms with van der Waals surface area (Å²) in [4.78, 5) is 12.8. The molecule has 0 bridgehead atoms. The van der Waals surface area contributed by atoms with E-state index in [4.69, 9.17) is 4.74 Å². The second-order valence-corrected chi connectivity index (χ2v) is 10.1. The van der Waals surface area contributed by atoms with Gasteiger partial charge >= 0.3 is 0 Å². The minimum absolute atomic E-state index is 0.0207. The Morgan fingerprint density at radius 1 is 1.09 bits per heavy atom. The number of nitrogens with one attached hydrogen (secondary N) is 1. The normalized spacial score (nSPS) is 11.4. The van der Waals surface area contributed by atoms with Crippen LogP contribution < -0.4 is 10.1 Å². The minimum atomic E-state index is -3.75. The van der Waals surface area contributed by atoms with Crippen molar-refractivity contribution in [2.75, 3.05) is 19.5 Å². The van der Waals surface area contributed by atoms with Crippen LogP contribution in [0.4, 0.5) is 10.1 Å². The lowest BCUT2D eigenvalue weighted by Gasteiger charge is -2.19. The van der Waals surface area contributed by atoms with Crippen LogP contribution in [-0.2, 0) is 16.6 Å². The lowest BCUT2D eigenvalue weighted by molar-refractivity contribution is 0.102. The molecule has 3 aromatic carbocycles. The molecule has 0 spiro atoms. The van der Waals surface area contributed by atoms with Gasteiger partial charge in [-0.25, -0.2) is 12.8 Å². The summed E-state index contributed by atoms with van der Waals surface area (Å²) in [6.45, 7) is 1.86. The van der Waals surface area contributed by atoms with Gasteiger partial charge in [0.25, 0.3) is 5.91 Å².